The van der Waals surface area contributed by atoms with Crippen molar-refractivity contribution in [2.24, 2.45) is 0 Å². The Morgan fingerprint density at radius 3 is 2.55 bits per heavy atom. The van der Waals surface area contributed by atoms with Crippen molar-refractivity contribution in [3.05, 3.63) is 86.9 Å². The molecule has 0 saturated carbocycles. The van der Waals surface area contributed by atoms with Gasteiger partial charge in [0, 0.05) is 33.4 Å². The Labute approximate surface area is 191 Å². The van der Waals surface area contributed by atoms with Gasteiger partial charge < -0.3 is 19.9 Å². The van der Waals surface area contributed by atoms with E-state index in [9.17, 15) is 9.90 Å². The highest BCUT2D eigenvalue weighted by Gasteiger charge is 2.14. The minimum atomic E-state index is -0.967. The lowest BCUT2D eigenvalue weighted by Crippen LogP contribution is -2.07. The minimum absolute atomic E-state index is 0.227. The van der Waals surface area contributed by atoms with Crippen LogP contribution in [-0.4, -0.2) is 17.7 Å². The first kappa shape index (κ1) is 22.8. The molecule has 3 aromatic rings. The zero-order valence-electron chi connectivity index (χ0n) is 17.2. The predicted octanol–water partition coefficient (Wildman–Crippen LogP) is 6.59. The molecular weight excluding hydrogens is 437 g/mol. The summed E-state index contributed by atoms with van der Waals surface area (Å²) in [5.41, 5.74) is 3.59. The number of aromatic carboxylic acids is 1. The highest BCUT2D eigenvalue weighted by Crippen LogP contribution is 2.34. The van der Waals surface area contributed by atoms with E-state index in [-0.39, 0.29) is 12.2 Å². The smallest absolute Gasteiger partial charge is 0.335 e. The number of aryl methyl sites for hydroxylation is 1. The molecule has 0 amide bonds. The second kappa shape index (κ2) is 10.4. The van der Waals surface area contributed by atoms with Gasteiger partial charge in [-0.3, -0.25) is 0 Å². The third-order valence-electron chi connectivity index (χ3n) is 4.70. The number of carboxylic acids is 1. The molecule has 0 aliphatic carbocycles. The zero-order valence-corrected chi connectivity index (χ0v) is 18.8. The van der Waals surface area contributed by atoms with Crippen molar-refractivity contribution in [3.63, 3.8) is 0 Å². The molecule has 0 fully saturated rings. The fraction of sp³-hybridized carbons (Fsp3) is 0.208. The third-order valence-corrected chi connectivity index (χ3v) is 5.29. The van der Waals surface area contributed by atoms with Crippen LogP contribution < -0.4 is 14.8 Å². The molecule has 0 spiro atoms. The van der Waals surface area contributed by atoms with E-state index in [1.807, 2.05) is 38.1 Å². The Hall–Kier alpha value is -2.89. The van der Waals surface area contributed by atoms with Gasteiger partial charge in [-0.25, -0.2) is 4.79 Å². The molecule has 0 unspecified atom stereocenters. The molecule has 2 N–H and O–H groups in total. The number of carboxylic acid groups (broad SMARTS) is 1. The predicted molar refractivity (Wildman–Crippen MR) is 124 cm³/mol. The summed E-state index contributed by atoms with van der Waals surface area (Å²) in [5.74, 6) is 0.267. The molecule has 0 bridgehead atoms. The van der Waals surface area contributed by atoms with E-state index in [0.717, 1.165) is 22.4 Å². The number of anilines is 1. The lowest BCUT2D eigenvalue weighted by molar-refractivity contribution is 0.0697. The summed E-state index contributed by atoms with van der Waals surface area (Å²) >= 11 is 12.3. The molecule has 3 aromatic carbocycles. The molecule has 7 heteroatoms. The van der Waals surface area contributed by atoms with Crippen LogP contribution in [0.4, 0.5) is 5.69 Å². The number of carbonyl (C=O) groups is 1. The first-order valence-electron chi connectivity index (χ1n) is 9.78. The highest BCUT2D eigenvalue weighted by molar-refractivity contribution is 6.35. The normalized spacial score (nSPS) is 10.6. The van der Waals surface area contributed by atoms with Crippen LogP contribution in [0.5, 0.6) is 11.5 Å². The summed E-state index contributed by atoms with van der Waals surface area (Å²) in [4.78, 5) is 11.3. The number of rotatable bonds is 9. The molecular formula is C24H23Cl2NO4. The molecule has 0 heterocycles. The number of hydrogen-bond donors (Lipinski definition) is 2. The van der Waals surface area contributed by atoms with Crippen molar-refractivity contribution in [2.45, 2.75) is 27.0 Å². The molecule has 0 atom stereocenters. The number of benzene rings is 3. The summed E-state index contributed by atoms with van der Waals surface area (Å²) < 4.78 is 11.9. The fourth-order valence-electron chi connectivity index (χ4n) is 3.06. The Morgan fingerprint density at radius 1 is 1.03 bits per heavy atom. The van der Waals surface area contributed by atoms with Gasteiger partial charge in [-0.05, 0) is 49.7 Å². The maximum Gasteiger partial charge on any atom is 0.335 e. The number of ether oxygens (including phenoxy) is 2. The monoisotopic (exact) mass is 459 g/mol. The van der Waals surface area contributed by atoms with Crippen LogP contribution >= 0.6 is 23.2 Å². The van der Waals surface area contributed by atoms with Crippen LogP contribution in [0.15, 0.2) is 54.6 Å². The molecule has 0 radical (unpaired) electrons. The van der Waals surface area contributed by atoms with Gasteiger partial charge in [0.1, 0.15) is 6.61 Å². The first-order valence-corrected chi connectivity index (χ1v) is 10.5. The number of nitrogens with one attached hydrogen (secondary N) is 1. The molecule has 3 rings (SSSR count). The maximum absolute atomic E-state index is 11.3. The average molecular weight is 460 g/mol. The van der Waals surface area contributed by atoms with Crippen LogP contribution in [0, 0.1) is 6.92 Å². The lowest BCUT2D eigenvalue weighted by atomic mass is 10.1. The van der Waals surface area contributed by atoms with E-state index in [1.165, 1.54) is 0 Å². The van der Waals surface area contributed by atoms with Crippen molar-refractivity contribution in [1.82, 2.24) is 0 Å². The van der Waals surface area contributed by atoms with Crippen LogP contribution in [0.1, 0.15) is 34.0 Å². The lowest BCUT2D eigenvalue weighted by Gasteiger charge is -2.18. The van der Waals surface area contributed by atoms with Crippen LogP contribution in [0.2, 0.25) is 10.0 Å². The second-order valence-electron chi connectivity index (χ2n) is 6.89. The van der Waals surface area contributed by atoms with E-state index in [2.05, 4.69) is 5.32 Å². The quantitative estimate of drug-likeness (QED) is 0.377. The summed E-state index contributed by atoms with van der Waals surface area (Å²) in [7, 11) is 0. The zero-order chi connectivity index (χ0) is 22.4. The minimum Gasteiger partial charge on any atom is -0.490 e. The standard InChI is InChI=1S/C24H23Cl2NO4/c1-3-30-22-6-4-5-17(13-27-21-11-16(24(28)29)8-7-15(21)2)23(22)31-14-18-9-10-19(25)12-20(18)26/h4-12,27H,3,13-14H2,1-2H3,(H,28,29). The van der Waals surface area contributed by atoms with Crippen LogP contribution in [0.3, 0.4) is 0 Å². The maximum atomic E-state index is 11.3. The van der Waals surface area contributed by atoms with Gasteiger partial charge in [-0.2, -0.15) is 0 Å². The largest absolute Gasteiger partial charge is 0.490 e. The number of halogens is 2. The van der Waals surface area contributed by atoms with E-state index in [1.54, 1.807) is 30.3 Å². The molecule has 0 aliphatic rings. The number of hydrogen-bond acceptors (Lipinski definition) is 4. The average Bonchev–Trinajstić information content (AvgIpc) is 2.73. The van der Waals surface area contributed by atoms with Crippen LogP contribution in [-0.2, 0) is 13.2 Å². The summed E-state index contributed by atoms with van der Waals surface area (Å²) in [5, 5.41) is 13.7. The summed E-state index contributed by atoms with van der Waals surface area (Å²) in [6.45, 7) is 5.00. The fourth-order valence-corrected chi connectivity index (χ4v) is 3.52. The van der Waals surface area contributed by atoms with Gasteiger partial charge in [-0.15, -0.1) is 0 Å². The summed E-state index contributed by atoms with van der Waals surface area (Å²) in [6.07, 6.45) is 0. The Morgan fingerprint density at radius 2 is 1.84 bits per heavy atom. The molecule has 162 valence electrons. The van der Waals surface area contributed by atoms with E-state index >= 15 is 0 Å². The molecule has 0 saturated heterocycles. The summed E-state index contributed by atoms with van der Waals surface area (Å²) in [6, 6.07) is 15.9. The SMILES string of the molecule is CCOc1cccc(CNc2cc(C(=O)O)ccc2C)c1OCc1ccc(Cl)cc1Cl. The molecule has 0 aromatic heterocycles. The second-order valence-corrected chi connectivity index (χ2v) is 7.73. The Bertz CT molecular complexity index is 1090. The molecule has 31 heavy (non-hydrogen) atoms. The van der Waals surface area contributed by atoms with Gasteiger partial charge in [-0.1, -0.05) is 47.5 Å². The van der Waals surface area contributed by atoms with Gasteiger partial charge >= 0.3 is 5.97 Å². The highest BCUT2D eigenvalue weighted by atomic mass is 35.5. The molecule has 5 nitrogen and oxygen atoms in total. The van der Waals surface area contributed by atoms with Crippen molar-refractivity contribution >= 4 is 34.9 Å². The first-order chi connectivity index (χ1) is 14.9. The topological polar surface area (TPSA) is 67.8 Å². The van der Waals surface area contributed by atoms with E-state index in [4.69, 9.17) is 32.7 Å². The van der Waals surface area contributed by atoms with E-state index in [0.29, 0.717) is 34.7 Å². The van der Waals surface area contributed by atoms with Gasteiger partial charge in [0.05, 0.1) is 12.2 Å². The van der Waals surface area contributed by atoms with Crippen LogP contribution in [0.25, 0.3) is 0 Å². The Kier molecular flexibility index (Phi) is 7.66. The van der Waals surface area contributed by atoms with Crippen molar-refractivity contribution in [2.75, 3.05) is 11.9 Å². The number of para-hydroxylation sites is 1. The van der Waals surface area contributed by atoms with Crippen molar-refractivity contribution < 1.29 is 19.4 Å². The Balaban J connectivity index is 1.84. The third kappa shape index (κ3) is 5.84. The van der Waals surface area contributed by atoms with Crippen molar-refractivity contribution in [1.29, 1.82) is 0 Å². The van der Waals surface area contributed by atoms with Gasteiger partial charge in [0.2, 0.25) is 0 Å². The van der Waals surface area contributed by atoms with Crippen molar-refractivity contribution in [3.8, 4) is 11.5 Å². The van der Waals surface area contributed by atoms with Gasteiger partial charge in [0.15, 0.2) is 11.5 Å². The molecule has 0 aliphatic heterocycles. The van der Waals surface area contributed by atoms with Gasteiger partial charge in [0.25, 0.3) is 0 Å². The van der Waals surface area contributed by atoms with E-state index < -0.39 is 5.97 Å².